The predicted octanol–water partition coefficient (Wildman–Crippen LogP) is 2.91. The van der Waals surface area contributed by atoms with Gasteiger partial charge in [-0.2, -0.15) is 23.7 Å². The van der Waals surface area contributed by atoms with Gasteiger partial charge in [-0.15, -0.1) is 0 Å². The Bertz CT molecular complexity index is 911. The molecule has 0 spiro atoms. The van der Waals surface area contributed by atoms with Crippen molar-refractivity contribution in [3.8, 4) is 17.9 Å². The van der Waals surface area contributed by atoms with Crippen molar-refractivity contribution in [1.82, 2.24) is 5.43 Å². The van der Waals surface area contributed by atoms with E-state index in [-0.39, 0.29) is 16.7 Å². The number of phenolic OH excluding ortho intramolecular Hbond substituents is 1. The van der Waals surface area contributed by atoms with Gasteiger partial charge in [0.05, 0.1) is 28.4 Å². The molecule has 2 aromatic carbocycles. The van der Waals surface area contributed by atoms with E-state index in [0.717, 1.165) is 18.2 Å². The van der Waals surface area contributed by atoms with Crippen molar-refractivity contribution < 1.29 is 23.1 Å². The molecule has 0 saturated carbocycles. The van der Waals surface area contributed by atoms with Crippen LogP contribution in [-0.2, 0) is 6.18 Å². The Balaban J connectivity index is 2.21. The maximum atomic E-state index is 13.0. The number of nitrogens with zero attached hydrogens (tertiary/aromatic N) is 2. The number of alkyl halides is 3. The summed E-state index contributed by atoms with van der Waals surface area (Å²) in [6, 6.07) is 9.59. The van der Waals surface area contributed by atoms with E-state index >= 15 is 0 Å². The molecule has 1 amide bonds. The fourth-order valence-electron chi connectivity index (χ4n) is 1.92. The minimum Gasteiger partial charge on any atom is -0.507 e. The summed E-state index contributed by atoms with van der Waals surface area (Å²) in [4.78, 5) is 12.0. The van der Waals surface area contributed by atoms with E-state index in [2.05, 4.69) is 10.9 Å². The van der Waals surface area contributed by atoms with Gasteiger partial charge in [-0.1, -0.05) is 0 Å². The Kier molecular flexibility index (Phi) is 4.80. The van der Waals surface area contributed by atoms with Gasteiger partial charge in [0.25, 0.3) is 5.91 Å². The molecule has 0 atom stereocenters. The van der Waals surface area contributed by atoms with Crippen molar-refractivity contribution >= 4 is 11.6 Å². The van der Waals surface area contributed by atoms with E-state index in [1.807, 2.05) is 0 Å². The number of hydrogen-bond acceptors (Lipinski definition) is 5. The Morgan fingerprint density at radius 3 is 2.36 bits per heavy atom. The fraction of sp³-hybridized carbons (Fsp3) is 0.0625. The lowest BCUT2D eigenvalue weighted by atomic mass is 10.1. The van der Waals surface area contributed by atoms with Gasteiger partial charge in [0, 0.05) is 5.56 Å². The minimum absolute atomic E-state index is 0.0454. The molecule has 0 bridgehead atoms. The summed E-state index contributed by atoms with van der Waals surface area (Å²) in [5, 5.41) is 26.9. The third-order valence-electron chi connectivity index (χ3n) is 3.15. The van der Waals surface area contributed by atoms with Crippen LogP contribution in [0, 0.1) is 22.7 Å². The van der Waals surface area contributed by atoms with Gasteiger partial charge >= 0.3 is 6.18 Å². The van der Waals surface area contributed by atoms with Crippen LogP contribution in [0.2, 0.25) is 0 Å². The summed E-state index contributed by atoms with van der Waals surface area (Å²) in [5.74, 6) is -1.25. The summed E-state index contributed by atoms with van der Waals surface area (Å²) >= 11 is 0. The summed E-state index contributed by atoms with van der Waals surface area (Å²) < 4.78 is 39.1. The second-order valence-corrected chi connectivity index (χ2v) is 4.79. The van der Waals surface area contributed by atoms with Crippen LogP contribution >= 0.6 is 0 Å². The highest BCUT2D eigenvalue weighted by Crippen LogP contribution is 2.35. The van der Waals surface area contributed by atoms with Crippen LogP contribution in [0.1, 0.15) is 27.0 Å². The number of halogens is 3. The van der Waals surface area contributed by atoms with E-state index in [0.29, 0.717) is 6.07 Å². The fourth-order valence-corrected chi connectivity index (χ4v) is 1.92. The largest absolute Gasteiger partial charge is 0.507 e. The number of carbonyl (C=O) groups is 1. The highest BCUT2D eigenvalue weighted by molar-refractivity contribution is 5.95. The lowest BCUT2D eigenvalue weighted by Gasteiger charge is -2.15. The number of hydrogen-bond donors (Lipinski definition) is 3. The van der Waals surface area contributed by atoms with Gasteiger partial charge in [0.1, 0.15) is 11.8 Å². The molecule has 0 aliphatic heterocycles. The van der Waals surface area contributed by atoms with E-state index in [4.69, 9.17) is 10.5 Å². The van der Waals surface area contributed by atoms with E-state index < -0.39 is 29.1 Å². The number of carbonyl (C=O) groups excluding carboxylic acids is 1. The van der Waals surface area contributed by atoms with Crippen molar-refractivity contribution in [2.24, 2.45) is 0 Å². The van der Waals surface area contributed by atoms with Crippen molar-refractivity contribution in [1.29, 1.82) is 10.5 Å². The van der Waals surface area contributed by atoms with Gasteiger partial charge in [-0.05, 0) is 36.4 Å². The lowest BCUT2D eigenvalue weighted by molar-refractivity contribution is -0.137. The van der Waals surface area contributed by atoms with Crippen molar-refractivity contribution in [2.75, 3.05) is 5.43 Å². The van der Waals surface area contributed by atoms with Gasteiger partial charge < -0.3 is 5.11 Å². The highest BCUT2D eigenvalue weighted by Gasteiger charge is 2.34. The Morgan fingerprint density at radius 1 is 1.08 bits per heavy atom. The topological polar surface area (TPSA) is 109 Å². The lowest BCUT2D eigenvalue weighted by Crippen LogP contribution is -2.30. The number of nitrogens with one attached hydrogen (secondary N) is 2. The third-order valence-corrected chi connectivity index (χ3v) is 3.15. The van der Waals surface area contributed by atoms with Crippen molar-refractivity contribution in [2.45, 2.75) is 6.18 Å². The van der Waals surface area contributed by atoms with Crippen LogP contribution < -0.4 is 10.9 Å². The Morgan fingerprint density at radius 2 is 1.80 bits per heavy atom. The molecule has 0 aromatic heterocycles. The molecule has 0 saturated heterocycles. The SMILES string of the molecule is N#Cc1ccc(NNC(=O)c2ccc(C#N)c(O)c2)c(C(F)(F)F)c1. The van der Waals surface area contributed by atoms with E-state index in [9.17, 15) is 23.1 Å². The molecule has 0 unspecified atom stereocenters. The zero-order valence-corrected chi connectivity index (χ0v) is 12.3. The first-order valence-electron chi connectivity index (χ1n) is 6.67. The number of nitriles is 2. The quantitative estimate of drug-likeness (QED) is 0.741. The number of phenols is 1. The van der Waals surface area contributed by atoms with Gasteiger partial charge in [0.15, 0.2) is 0 Å². The van der Waals surface area contributed by atoms with E-state index in [1.54, 1.807) is 12.1 Å². The molecule has 9 heteroatoms. The molecule has 2 aromatic rings. The molecular weight excluding hydrogens is 337 g/mol. The Hall–Kier alpha value is -3.72. The molecule has 0 aliphatic rings. The van der Waals surface area contributed by atoms with Crippen LogP contribution in [0.25, 0.3) is 0 Å². The molecule has 0 aliphatic carbocycles. The second-order valence-electron chi connectivity index (χ2n) is 4.79. The molecule has 25 heavy (non-hydrogen) atoms. The summed E-state index contributed by atoms with van der Waals surface area (Å²) in [7, 11) is 0. The highest BCUT2D eigenvalue weighted by atomic mass is 19.4. The molecule has 3 N–H and O–H groups in total. The van der Waals surface area contributed by atoms with Gasteiger partial charge in [-0.25, -0.2) is 0 Å². The molecular formula is C16H9F3N4O2. The number of benzene rings is 2. The normalized spacial score (nSPS) is 10.4. The monoisotopic (exact) mass is 346 g/mol. The van der Waals surface area contributed by atoms with Crippen LogP contribution in [0.5, 0.6) is 5.75 Å². The molecule has 0 radical (unpaired) electrons. The first-order valence-corrected chi connectivity index (χ1v) is 6.67. The number of hydrazine groups is 1. The third kappa shape index (κ3) is 3.98. The molecule has 6 nitrogen and oxygen atoms in total. The van der Waals surface area contributed by atoms with Gasteiger partial charge in [-0.3, -0.25) is 15.6 Å². The molecule has 126 valence electrons. The average molecular weight is 346 g/mol. The van der Waals surface area contributed by atoms with E-state index in [1.165, 1.54) is 12.1 Å². The van der Waals surface area contributed by atoms with Crippen LogP contribution in [0.3, 0.4) is 0 Å². The average Bonchev–Trinajstić information content (AvgIpc) is 2.58. The van der Waals surface area contributed by atoms with Crippen LogP contribution in [0.15, 0.2) is 36.4 Å². The first kappa shape index (κ1) is 17.6. The van der Waals surface area contributed by atoms with Crippen LogP contribution in [-0.4, -0.2) is 11.0 Å². The number of rotatable bonds is 3. The maximum absolute atomic E-state index is 13.0. The number of anilines is 1. The Labute approximate surface area is 139 Å². The van der Waals surface area contributed by atoms with Gasteiger partial charge in [0.2, 0.25) is 0 Å². The number of amides is 1. The minimum atomic E-state index is -4.73. The summed E-state index contributed by atoms with van der Waals surface area (Å²) in [6.07, 6.45) is -4.73. The first-order chi connectivity index (χ1) is 11.8. The summed E-state index contributed by atoms with van der Waals surface area (Å²) in [6.45, 7) is 0. The summed E-state index contributed by atoms with van der Waals surface area (Å²) in [5.41, 5.74) is 2.35. The maximum Gasteiger partial charge on any atom is 0.418 e. The molecule has 0 heterocycles. The smallest absolute Gasteiger partial charge is 0.418 e. The predicted molar refractivity (Wildman–Crippen MR) is 80.1 cm³/mol. The molecule has 2 rings (SSSR count). The van der Waals surface area contributed by atoms with Crippen molar-refractivity contribution in [3.63, 3.8) is 0 Å². The molecule has 0 fully saturated rings. The second kappa shape index (κ2) is 6.81. The zero-order valence-electron chi connectivity index (χ0n) is 12.3. The van der Waals surface area contributed by atoms with Crippen LogP contribution in [0.4, 0.5) is 18.9 Å². The zero-order chi connectivity index (χ0) is 18.6. The number of aromatic hydroxyl groups is 1. The standard InChI is InChI=1S/C16H9F3N4O2/c17-16(18,19)12-5-9(7-20)1-4-13(12)22-23-15(25)10-2-3-11(8-21)14(24)6-10/h1-6,22,24H,(H,23,25). The van der Waals surface area contributed by atoms with Crippen molar-refractivity contribution in [3.05, 3.63) is 58.7 Å².